The van der Waals surface area contributed by atoms with E-state index in [-0.39, 0.29) is 12.3 Å². The molecule has 0 saturated heterocycles. The molecule has 2 rings (SSSR count). The Morgan fingerprint density at radius 3 is 2.60 bits per heavy atom. The second kappa shape index (κ2) is 4.51. The van der Waals surface area contributed by atoms with Crippen LogP contribution < -0.4 is 4.90 Å². The fraction of sp³-hybridized carbons (Fsp3) is 0.429. The number of anilines is 1. The molecule has 1 unspecified atom stereocenters. The Labute approximate surface area is 114 Å². The highest BCUT2D eigenvalue weighted by atomic mass is 19.4. The van der Waals surface area contributed by atoms with E-state index < -0.39 is 18.0 Å². The molecule has 1 amide bonds. The molecular weight excluding hydrogens is 269 g/mol. The Bertz CT molecular complexity index is 603. The molecule has 20 heavy (non-hydrogen) atoms. The number of nitriles is 1. The van der Waals surface area contributed by atoms with Crippen LogP contribution >= 0.6 is 0 Å². The van der Waals surface area contributed by atoms with Crippen molar-refractivity contribution in [1.29, 1.82) is 5.26 Å². The predicted octanol–water partition coefficient (Wildman–Crippen LogP) is 3.13. The highest BCUT2D eigenvalue weighted by Gasteiger charge is 2.47. The Morgan fingerprint density at radius 2 is 2.05 bits per heavy atom. The fourth-order valence-electron chi connectivity index (χ4n) is 2.57. The molecule has 0 bridgehead atoms. The van der Waals surface area contributed by atoms with Gasteiger partial charge in [-0.25, -0.2) is 0 Å². The molecule has 0 aliphatic carbocycles. The van der Waals surface area contributed by atoms with Crippen LogP contribution in [0.2, 0.25) is 0 Å². The van der Waals surface area contributed by atoms with Gasteiger partial charge < -0.3 is 4.90 Å². The Kier molecular flexibility index (Phi) is 3.24. The highest BCUT2D eigenvalue weighted by Crippen LogP contribution is 2.45. The number of halogens is 3. The molecule has 0 fully saturated rings. The third-order valence-corrected chi connectivity index (χ3v) is 3.77. The molecule has 106 valence electrons. The van der Waals surface area contributed by atoms with E-state index in [0.29, 0.717) is 16.8 Å². The van der Waals surface area contributed by atoms with Crippen molar-refractivity contribution in [1.82, 2.24) is 0 Å². The van der Waals surface area contributed by atoms with Crippen LogP contribution in [0.4, 0.5) is 18.9 Å². The maximum atomic E-state index is 12.4. The summed E-state index contributed by atoms with van der Waals surface area (Å²) < 4.78 is 37.3. The molecule has 1 aliphatic heterocycles. The number of fused-ring (bicyclic) bond motifs is 1. The summed E-state index contributed by atoms with van der Waals surface area (Å²) in [6.45, 7) is 1.50. The summed E-state index contributed by atoms with van der Waals surface area (Å²) in [4.78, 5) is 13.6. The van der Waals surface area contributed by atoms with Gasteiger partial charge in [-0.1, -0.05) is 0 Å². The van der Waals surface area contributed by atoms with Crippen molar-refractivity contribution in [3.05, 3.63) is 29.3 Å². The molecule has 6 heteroatoms. The zero-order chi connectivity index (χ0) is 15.1. The van der Waals surface area contributed by atoms with Crippen LogP contribution in [0.1, 0.15) is 30.9 Å². The van der Waals surface area contributed by atoms with Gasteiger partial charge in [-0.15, -0.1) is 0 Å². The summed E-state index contributed by atoms with van der Waals surface area (Å²) in [7, 11) is 1.53. The van der Waals surface area contributed by atoms with E-state index in [1.54, 1.807) is 12.1 Å². The van der Waals surface area contributed by atoms with Crippen LogP contribution in [0, 0.1) is 11.3 Å². The molecule has 3 nitrogen and oxygen atoms in total. The van der Waals surface area contributed by atoms with Gasteiger partial charge in [0.25, 0.3) is 0 Å². The van der Waals surface area contributed by atoms with E-state index in [1.165, 1.54) is 24.9 Å². The lowest BCUT2D eigenvalue weighted by atomic mass is 9.79. The van der Waals surface area contributed by atoms with Crippen molar-refractivity contribution in [3.63, 3.8) is 0 Å². The first-order chi connectivity index (χ1) is 9.19. The van der Waals surface area contributed by atoms with Crippen LogP contribution in [0.5, 0.6) is 0 Å². The fourth-order valence-corrected chi connectivity index (χ4v) is 2.57. The highest BCUT2D eigenvalue weighted by molar-refractivity contribution is 6.07. The van der Waals surface area contributed by atoms with Gasteiger partial charge in [0.15, 0.2) is 0 Å². The minimum atomic E-state index is -4.31. The lowest BCUT2D eigenvalue weighted by Crippen LogP contribution is -2.37. The third-order valence-electron chi connectivity index (χ3n) is 3.77. The molecule has 0 radical (unpaired) electrons. The van der Waals surface area contributed by atoms with E-state index in [9.17, 15) is 18.0 Å². The smallest absolute Gasteiger partial charge is 0.314 e. The largest absolute Gasteiger partial charge is 0.389 e. The first kappa shape index (κ1) is 14.4. The molecule has 1 aromatic carbocycles. The van der Waals surface area contributed by atoms with E-state index in [2.05, 4.69) is 0 Å². The van der Waals surface area contributed by atoms with Crippen LogP contribution in [-0.4, -0.2) is 19.1 Å². The van der Waals surface area contributed by atoms with Gasteiger partial charge in [0.1, 0.15) is 0 Å². The van der Waals surface area contributed by atoms with Crippen molar-refractivity contribution in [2.24, 2.45) is 0 Å². The van der Waals surface area contributed by atoms with Crippen molar-refractivity contribution in [3.8, 4) is 6.07 Å². The van der Waals surface area contributed by atoms with Crippen LogP contribution in [0.15, 0.2) is 18.2 Å². The van der Waals surface area contributed by atoms with E-state index >= 15 is 0 Å². The minimum absolute atomic E-state index is 0.318. The quantitative estimate of drug-likeness (QED) is 0.836. The number of carbonyl (C=O) groups excluding carboxylic acids is 1. The normalized spacial score (nSPS) is 21.8. The van der Waals surface area contributed by atoms with Gasteiger partial charge in [0, 0.05) is 19.2 Å². The first-order valence-corrected chi connectivity index (χ1v) is 6.08. The summed E-state index contributed by atoms with van der Waals surface area (Å²) in [6, 6.07) is 6.61. The molecule has 1 heterocycles. The monoisotopic (exact) mass is 282 g/mol. The molecule has 1 atom stereocenters. The average molecular weight is 282 g/mol. The maximum absolute atomic E-state index is 12.4. The number of carbonyl (C=O) groups is 1. The first-order valence-electron chi connectivity index (χ1n) is 6.08. The van der Waals surface area contributed by atoms with E-state index in [1.807, 2.05) is 6.07 Å². The SMILES string of the molecule is CN1C(=O)C(C)(CCC(F)(F)F)c2cc(C#N)ccc21. The molecule has 0 saturated carbocycles. The number of hydrogen-bond acceptors (Lipinski definition) is 2. The van der Waals surface area contributed by atoms with Crippen molar-refractivity contribution < 1.29 is 18.0 Å². The molecular formula is C14H13F3N2O. The summed E-state index contributed by atoms with van der Waals surface area (Å²) in [6.07, 6.45) is -5.65. The van der Waals surface area contributed by atoms with Gasteiger partial charge in [0.05, 0.1) is 17.0 Å². The molecule has 1 aliphatic rings. The second-order valence-corrected chi connectivity index (χ2v) is 5.16. The average Bonchev–Trinajstić information content (AvgIpc) is 2.58. The summed E-state index contributed by atoms with van der Waals surface area (Å²) in [5.41, 5.74) is 0.170. The lowest BCUT2D eigenvalue weighted by Gasteiger charge is -2.23. The number of hydrogen-bond donors (Lipinski definition) is 0. The van der Waals surface area contributed by atoms with E-state index in [4.69, 9.17) is 5.26 Å². The zero-order valence-corrected chi connectivity index (χ0v) is 11.1. The van der Waals surface area contributed by atoms with Crippen molar-refractivity contribution in [2.75, 3.05) is 11.9 Å². The Hall–Kier alpha value is -2.03. The summed E-state index contributed by atoms with van der Waals surface area (Å²) in [5, 5.41) is 8.90. The number of rotatable bonds is 2. The second-order valence-electron chi connectivity index (χ2n) is 5.16. The molecule has 1 aromatic rings. The topological polar surface area (TPSA) is 44.1 Å². The standard InChI is InChI=1S/C14H13F3N2O/c1-13(5-6-14(15,16)17)10-7-9(8-18)3-4-11(10)19(2)12(13)20/h3-4,7H,5-6H2,1-2H3. The van der Waals surface area contributed by atoms with Gasteiger partial charge in [-0.05, 0) is 37.1 Å². The van der Waals surface area contributed by atoms with E-state index in [0.717, 1.165) is 0 Å². The lowest BCUT2D eigenvalue weighted by molar-refractivity contribution is -0.141. The maximum Gasteiger partial charge on any atom is 0.389 e. The third kappa shape index (κ3) is 2.24. The van der Waals surface area contributed by atoms with Crippen LogP contribution in [0.3, 0.4) is 0 Å². The van der Waals surface area contributed by atoms with Crippen LogP contribution in [-0.2, 0) is 10.2 Å². The number of nitrogens with zero attached hydrogens (tertiary/aromatic N) is 2. The predicted molar refractivity (Wildman–Crippen MR) is 67.2 cm³/mol. The Balaban J connectivity index is 2.45. The van der Waals surface area contributed by atoms with Gasteiger partial charge >= 0.3 is 6.18 Å². The number of likely N-dealkylation sites (N-methyl/N-ethyl adjacent to an activating group) is 1. The molecule has 0 spiro atoms. The van der Waals surface area contributed by atoms with Crippen molar-refractivity contribution in [2.45, 2.75) is 31.4 Å². The van der Waals surface area contributed by atoms with Crippen LogP contribution in [0.25, 0.3) is 0 Å². The molecule has 0 aromatic heterocycles. The van der Waals surface area contributed by atoms with Crippen molar-refractivity contribution >= 4 is 11.6 Å². The number of benzene rings is 1. The summed E-state index contributed by atoms with van der Waals surface area (Å²) in [5.74, 6) is -0.369. The summed E-state index contributed by atoms with van der Waals surface area (Å²) >= 11 is 0. The van der Waals surface area contributed by atoms with Gasteiger partial charge in [0.2, 0.25) is 5.91 Å². The number of amides is 1. The Morgan fingerprint density at radius 1 is 1.40 bits per heavy atom. The molecule has 0 N–H and O–H groups in total. The van der Waals surface area contributed by atoms with Gasteiger partial charge in [-0.2, -0.15) is 18.4 Å². The zero-order valence-electron chi connectivity index (χ0n) is 11.1. The number of alkyl halides is 3. The minimum Gasteiger partial charge on any atom is -0.314 e. The van der Waals surface area contributed by atoms with Gasteiger partial charge in [-0.3, -0.25) is 4.79 Å².